The molecule has 5 heteroatoms. The molecular formula is C21H29N3O2. The molecule has 140 valence electrons. The van der Waals surface area contributed by atoms with E-state index in [2.05, 4.69) is 48.3 Å². The van der Waals surface area contributed by atoms with Gasteiger partial charge in [-0.1, -0.05) is 38.0 Å². The lowest BCUT2D eigenvalue weighted by molar-refractivity contribution is 0.0933. The number of nitrogens with zero attached hydrogens (tertiary/aromatic N) is 1. The maximum atomic E-state index is 12.7. The van der Waals surface area contributed by atoms with Crippen molar-refractivity contribution in [1.82, 2.24) is 5.32 Å². The summed E-state index contributed by atoms with van der Waals surface area (Å²) in [6.07, 6.45) is 5.67. The lowest BCUT2D eigenvalue weighted by Crippen LogP contribution is -2.40. The molecule has 1 aliphatic heterocycles. The number of nitrogens with two attached hydrogens (primary N) is 1. The number of carbonyl (C=O) groups excluding carboxylic acids is 1. The minimum Gasteiger partial charge on any atom is -0.467 e. The molecule has 0 bridgehead atoms. The first-order chi connectivity index (χ1) is 12.6. The number of benzene rings is 1. The van der Waals surface area contributed by atoms with E-state index in [1.54, 1.807) is 12.3 Å². The minimum absolute atomic E-state index is 0.0108. The van der Waals surface area contributed by atoms with Gasteiger partial charge in [-0.2, -0.15) is 0 Å². The van der Waals surface area contributed by atoms with Crippen molar-refractivity contribution in [2.75, 3.05) is 11.4 Å². The van der Waals surface area contributed by atoms with Crippen LogP contribution in [0.1, 0.15) is 54.8 Å². The van der Waals surface area contributed by atoms with Crippen molar-refractivity contribution in [2.45, 2.75) is 58.2 Å². The molecular weight excluding hydrogens is 326 g/mol. The van der Waals surface area contributed by atoms with E-state index in [1.165, 1.54) is 11.3 Å². The third kappa shape index (κ3) is 3.93. The van der Waals surface area contributed by atoms with Crippen LogP contribution in [0, 0.1) is 0 Å². The Balaban J connectivity index is 1.72. The van der Waals surface area contributed by atoms with Crippen LogP contribution in [-0.2, 0) is 13.0 Å². The molecule has 3 rings (SSSR count). The molecule has 2 atom stereocenters. The third-order valence-corrected chi connectivity index (χ3v) is 5.18. The van der Waals surface area contributed by atoms with Crippen LogP contribution in [0.5, 0.6) is 0 Å². The Morgan fingerprint density at radius 3 is 2.96 bits per heavy atom. The van der Waals surface area contributed by atoms with Gasteiger partial charge in [0.25, 0.3) is 5.91 Å². The molecule has 1 amide bonds. The number of anilines is 1. The predicted molar refractivity (Wildman–Crippen MR) is 104 cm³/mol. The van der Waals surface area contributed by atoms with E-state index in [4.69, 9.17) is 10.2 Å². The number of rotatable bonds is 8. The number of hydrogen-bond donors (Lipinski definition) is 2. The maximum Gasteiger partial charge on any atom is 0.255 e. The molecule has 0 radical (unpaired) electrons. The number of carbonyl (C=O) groups is 1. The molecule has 1 aliphatic rings. The van der Waals surface area contributed by atoms with Crippen LogP contribution in [0.25, 0.3) is 0 Å². The highest BCUT2D eigenvalue weighted by Gasteiger charge is 2.28. The summed E-state index contributed by atoms with van der Waals surface area (Å²) in [5.74, 6) is 0.609. The van der Waals surface area contributed by atoms with E-state index in [-0.39, 0.29) is 11.9 Å². The Kier molecular flexibility index (Phi) is 5.99. The lowest BCUT2D eigenvalue weighted by Gasteiger charge is -2.24. The molecule has 5 nitrogen and oxygen atoms in total. The second-order valence-electron chi connectivity index (χ2n) is 7.12. The Labute approximate surface area is 155 Å². The van der Waals surface area contributed by atoms with Crippen LogP contribution in [0.15, 0.2) is 41.0 Å². The van der Waals surface area contributed by atoms with Gasteiger partial charge in [0.15, 0.2) is 0 Å². The van der Waals surface area contributed by atoms with E-state index in [0.717, 1.165) is 25.7 Å². The molecule has 2 aromatic rings. The minimum atomic E-state index is -0.0968. The highest BCUT2D eigenvalue weighted by Crippen LogP contribution is 2.33. The zero-order chi connectivity index (χ0) is 18.5. The maximum absolute atomic E-state index is 12.7. The van der Waals surface area contributed by atoms with Crippen LogP contribution < -0.4 is 16.0 Å². The molecule has 2 unspecified atom stereocenters. The SMILES string of the molecule is CCCCC(CN)NC(=O)c1ccoc1CN1c2ccccc2CC1C. The molecule has 0 aliphatic carbocycles. The summed E-state index contributed by atoms with van der Waals surface area (Å²) in [5.41, 5.74) is 8.99. The summed E-state index contributed by atoms with van der Waals surface area (Å²) < 4.78 is 5.67. The summed E-state index contributed by atoms with van der Waals surface area (Å²) >= 11 is 0. The monoisotopic (exact) mass is 355 g/mol. The standard InChI is InChI=1S/C21H29N3O2/c1-3-4-8-17(13-22)23-21(25)18-10-11-26-20(18)14-24-15(2)12-16-7-5-6-9-19(16)24/h5-7,9-11,15,17H,3-4,8,12-14,22H2,1-2H3,(H,23,25). The number of hydrogen-bond acceptors (Lipinski definition) is 4. The fraction of sp³-hybridized carbons (Fsp3) is 0.476. The largest absolute Gasteiger partial charge is 0.467 e. The van der Waals surface area contributed by atoms with E-state index in [9.17, 15) is 4.79 Å². The molecule has 2 heterocycles. The van der Waals surface area contributed by atoms with Gasteiger partial charge in [0.2, 0.25) is 0 Å². The molecule has 0 saturated carbocycles. The molecule has 0 spiro atoms. The van der Waals surface area contributed by atoms with Gasteiger partial charge >= 0.3 is 0 Å². The summed E-state index contributed by atoms with van der Waals surface area (Å²) in [6.45, 7) is 5.39. The zero-order valence-electron chi connectivity index (χ0n) is 15.7. The summed E-state index contributed by atoms with van der Waals surface area (Å²) in [4.78, 5) is 15.0. The number of fused-ring (bicyclic) bond motifs is 1. The number of furan rings is 1. The van der Waals surface area contributed by atoms with E-state index >= 15 is 0 Å². The van der Waals surface area contributed by atoms with E-state index < -0.39 is 0 Å². The number of unbranched alkanes of at least 4 members (excludes halogenated alkanes) is 1. The van der Waals surface area contributed by atoms with Crippen molar-refractivity contribution in [3.8, 4) is 0 Å². The topological polar surface area (TPSA) is 71.5 Å². The van der Waals surface area contributed by atoms with Crippen LogP contribution in [0.4, 0.5) is 5.69 Å². The number of para-hydroxylation sites is 1. The zero-order valence-corrected chi connectivity index (χ0v) is 15.7. The molecule has 1 aromatic heterocycles. The van der Waals surface area contributed by atoms with Crippen LogP contribution in [-0.4, -0.2) is 24.5 Å². The summed E-state index contributed by atoms with van der Waals surface area (Å²) in [7, 11) is 0. The van der Waals surface area contributed by atoms with E-state index in [1.807, 2.05) is 0 Å². The van der Waals surface area contributed by atoms with Crippen LogP contribution >= 0.6 is 0 Å². The molecule has 26 heavy (non-hydrogen) atoms. The van der Waals surface area contributed by atoms with Crippen molar-refractivity contribution >= 4 is 11.6 Å². The van der Waals surface area contributed by atoms with Crippen LogP contribution in [0.3, 0.4) is 0 Å². The Morgan fingerprint density at radius 1 is 1.38 bits per heavy atom. The van der Waals surface area contributed by atoms with Gasteiger partial charge in [0.1, 0.15) is 5.76 Å². The third-order valence-electron chi connectivity index (χ3n) is 5.18. The smallest absolute Gasteiger partial charge is 0.255 e. The summed E-state index contributed by atoms with van der Waals surface area (Å²) in [6, 6.07) is 10.6. The van der Waals surface area contributed by atoms with Crippen molar-refractivity contribution in [3.05, 3.63) is 53.5 Å². The highest BCUT2D eigenvalue weighted by atomic mass is 16.3. The first-order valence-corrected chi connectivity index (χ1v) is 9.55. The molecule has 0 saturated heterocycles. The van der Waals surface area contributed by atoms with Gasteiger partial charge < -0.3 is 20.4 Å². The average molecular weight is 355 g/mol. The predicted octanol–water partition coefficient (Wildman–Crippen LogP) is 3.48. The fourth-order valence-corrected chi connectivity index (χ4v) is 3.65. The van der Waals surface area contributed by atoms with Crippen molar-refractivity contribution < 1.29 is 9.21 Å². The normalized spacial score (nSPS) is 17.2. The fourth-order valence-electron chi connectivity index (χ4n) is 3.65. The quantitative estimate of drug-likeness (QED) is 0.760. The number of amides is 1. The first kappa shape index (κ1) is 18.5. The van der Waals surface area contributed by atoms with Crippen LogP contribution in [0.2, 0.25) is 0 Å². The van der Waals surface area contributed by atoms with Crippen molar-refractivity contribution in [3.63, 3.8) is 0 Å². The van der Waals surface area contributed by atoms with Gasteiger partial charge in [-0.25, -0.2) is 0 Å². The van der Waals surface area contributed by atoms with Gasteiger partial charge in [-0.15, -0.1) is 0 Å². The second-order valence-corrected chi connectivity index (χ2v) is 7.12. The summed E-state index contributed by atoms with van der Waals surface area (Å²) in [5, 5.41) is 3.06. The van der Waals surface area contributed by atoms with Gasteiger partial charge in [0, 0.05) is 24.3 Å². The number of nitrogens with one attached hydrogen (secondary N) is 1. The molecule has 3 N–H and O–H groups in total. The molecule has 0 fully saturated rings. The first-order valence-electron chi connectivity index (χ1n) is 9.55. The van der Waals surface area contributed by atoms with Gasteiger partial charge in [-0.05, 0) is 37.5 Å². The van der Waals surface area contributed by atoms with Gasteiger partial charge in [-0.3, -0.25) is 4.79 Å². The van der Waals surface area contributed by atoms with Crippen molar-refractivity contribution in [1.29, 1.82) is 0 Å². The Bertz CT molecular complexity index is 740. The van der Waals surface area contributed by atoms with E-state index in [0.29, 0.717) is 30.5 Å². The van der Waals surface area contributed by atoms with Gasteiger partial charge in [0.05, 0.1) is 18.4 Å². The highest BCUT2D eigenvalue weighted by molar-refractivity contribution is 5.95. The van der Waals surface area contributed by atoms with Crippen molar-refractivity contribution in [2.24, 2.45) is 5.73 Å². The second kappa shape index (κ2) is 8.41. The molecule has 1 aromatic carbocycles. The lowest BCUT2D eigenvalue weighted by atomic mass is 10.1. The Morgan fingerprint density at radius 2 is 2.19 bits per heavy atom. The average Bonchev–Trinajstić information content (AvgIpc) is 3.23. The Hall–Kier alpha value is -2.27.